The van der Waals surface area contributed by atoms with Gasteiger partial charge in [-0.05, 0) is 80.0 Å². The third-order valence-electron chi connectivity index (χ3n) is 10.9. The average molecular weight is 641 g/mol. The minimum absolute atomic E-state index is 0.0291. The third kappa shape index (κ3) is 4.86. The maximum absolute atomic E-state index is 17.2. The number of fused-ring (bicyclic) bond motifs is 6. The van der Waals surface area contributed by atoms with Crippen molar-refractivity contribution in [2.75, 3.05) is 45.2 Å². The van der Waals surface area contributed by atoms with Crippen LogP contribution < -0.4 is 10.2 Å². The van der Waals surface area contributed by atoms with Crippen LogP contribution in [-0.2, 0) is 16.7 Å². The number of anilines is 1. The van der Waals surface area contributed by atoms with Gasteiger partial charge in [-0.25, -0.2) is 19.2 Å². The predicted molar refractivity (Wildman–Crippen MR) is 177 cm³/mol. The van der Waals surface area contributed by atoms with Crippen molar-refractivity contribution in [3.8, 4) is 17.0 Å². The molecule has 47 heavy (non-hydrogen) atoms. The fraction of sp³-hybridized carbons (Fsp3) is 0.514. The zero-order chi connectivity index (χ0) is 32.4. The Hall–Kier alpha value is -4.16. The highest BCUT2D eigenvalue weighted by Crippen LogP contribution is 2.50. The van der Waals surface area contributed by atoms with E-state index >= 15 is 4.39 Å². The molecule has 11 nitrogen and oxygen atoms in total. The lowest BCUT2D eigenvalue weighted by Crippen LogP contribution is -2.61. The molecule has 5 saturated heterocycles. The second kappa shape index (κ2) is 11.5. The number of rotatable bonds is 6. The molecule has 5 aliphatic heterocycles. The number of aromatic hydroxyl groups is 1. The number of phenolic OH excluding ortho intramolecular Hbond substituents is 1. The van der Waals surface area contributed by atoms with Crippen molar-refractivity contribution in [3.63, 3.8) is 0 Å². The van der Waals surface area contributed by atoms with Crippen LogP contribution in [0.15, 0.2) is 30.3 Å². The van der Waals surface area contributed by atoms with Gasteiger partial charge in [-0.1, -0.05) is 25.1 Å². The minimum atomic E-state index is -0.562. The first-order chi connectivity index (χ1) is 22.8. The van der Waals surface area contributed by atoms with E-state index in [9.17, 15) is 9.90 Å². The van der Waals surface area contributed by atoms with Crippen LogP contribution in [0.4, 0.5) is 15.0 Å². The molecule has 2 bridgehead atoms. The van der Waals surface area contributed by atoms with Crippen LogP contribution in [0.2, 0.25) is 0 Å². The van der Waals surface area contributed by atoms with Crippen LogP contribution in [0.25, 0.3) is 33.1 Å². The fourth-order valence-electron chi connectivity index (χ4n) is 8.55. The van der Waals surface area contributed by atoms with Gasteiger partial charge in [0.05, 0.1) is 5.54 Å². The first-order valence-electron chi connectivity index (χ1n) is 16.9. The lowest BCUT2D eigenvalue weighted by Gasteiger charge is -2.46. The maximum Gasteiger partial charge on any atom is 0.409 e. The molecule has 7 heterocycles. The van der Waals surface area contributed by atoms with Crippen molar-refractivity contribution in [3.05, 3.63) is 47.5 Å². The second-order valence-corrected chi connectivity index (χ2v) is 13.8. The first kappa shape index (κ1) is 30.2. The lowest BCUT2D eigenvalue weighted by molar-refractivity contribution is 0.0660. The summed E-state index contributed by atoms with van der Waals surface area (Å²) < 4.78 is 22.8. The standard InChI is InChI=1S/C35H41FN8O3/c1-4-20-7-5-8-21-15-25(45)16-26(27(20)21)29-28(36)30-31(41-40-29)32(43-18-22-9-10-23(43)17-37-22)39-33(38-30)35-12-6-14-44(35)24(11-13-35)19-47-34(46)42(2)3/h5,7-8,15-16,22-24,37,45H,4,6,9-14,17-19H2,1-3H3/t22-,23-,24-,35?/m1/s1. The molecule has 5 aliphatic rings. The Bertz CT molecular complexity index is 1880. The van der Waals surface area contributed by atoms with Gasteiger partial charge in [0, 0.05) is 50.9 Å². The summed E-state index contributed by atoms with van der Waals surface area (Å²) >= 11 is 0. The maximum atomic E-state index is 17.2. The number of hydrogen-bond donors (Lipinski definition) is 2. The molecule has 0 radical (unpaired) electrons. The molecule has 12 heteroatoms. The molecular formula is C35H41FN8O3. The number of ether oxygens (including phenoxy) is 1. The molecule has 4 atom stereocenters. The number of hydrogen-bond acceptors (Lipinski definition) is 10. The highest BCUT2D eigenvalue weighted by Gasteiger charge is 2.53. The van der Waals surface area contributed by atoms with E-state index < -0.39 is 11.4 Å². The van der Waals surface area contributed by atoms with E-state index in [4.69, 9.17) is 14.7 Å². The van der Waals surface area contributed by atoms with E-state index in [0.29, 0.717) is 28.8 Å². The molecule has 4 aromatic rings. The molecule has 0 saturated carbocycles. The molecule has 9 rings (SSSR count). The molecule has 5 fully saturated rings. The van der Waals surface area contributed by atoms with E-state index in [2.05, 4.69) is 32.2 Å². The summed E-state index contributed by atoms with van der Waals surface area (Å²) in [5, 5.41) is 25.1. The largest absolute Gasteiger partial charge is 0.508 e. The SMILES string of the molecule is CCc1cccc2cc(O)cc(-c3nnc4c(N5C[C@H]6CC[C@@H]5CN6)nc(C56CCCN5[C@@H](COC(=O)N(C)C)CC6)nc4c3F)c12. The van der Waals surface area contributed by atoms with Crippen molar-refractivity contribution in [1.29, 1.82) is 0 Å². The summed E-state index contributed by atoms with van der Waals surface area (Å²) in [6.07, 6.45) is 5.90. The van der Waals surface area contributed by atoms with Crippen LogP contribution in [0, 0.1) is 5.82 Å². The number of piperazine rings is 1. The Labute approximate surface area is 273 Å². The second-order valence-electron chi connectivity index (χ2n) is 13.8. The Balaban J connectivity index is 1.30. The van der Waals surface area contributed by atoms with Crippen molar-refractivity contribution in [1.82, 2.24) is 35.3 Å². The lowest BCUT2D eigenvalue weighted by atomic mass is 9.91. The summed E-state index contributed by atoms with van der Waals surface area (Å²) in [6, 6.07) is 9.74. The molecule has 2 aromatic heterocycles. The van der Waals surface area contributed by atoms with Crippen LogP contribution in [0.5, 0.6) is 5.75 Å². The van der Waals surface area contributed by atoms with Crippen LogP contribution in [0.3, 0.4) is 0 Å². The molecular weight excluding hydrogens is 599 g/mol. The molecule has 2 aromatic carbocycles. The summed E-state index contributed by atoms with van der Waals surface area (Å²) in [6.45, 7) is 4.78. The van der Waals surface area contributed by atoms with Crippen molar-refractivity contribution >= 4 is 33.7 Å². The number of benzene rings is 2. The van der Waals surface area contributed by atoms with Crippen LogP contribution in [0.1, 0.15) is 56.8 Å². The van der Waals surface area contributed by atoms with E-state index in [1.165, 1.54) is 4.90 Å². The van der Waals surface area contributed by atoms with E-state index in [1.807, 2.05) is 18.2 Å². The third-order valence-corrected chi connectivity index (χ3v) is 10.9. The van der Waals surface area contributed by atoms with Crippen LogP contribution >= 0.6 is 0 Å². The van der Waals surface area contributed by atoms with Gasteiger partial charge in [0.25, 0.3) is 0 Å². The molecule has 1 unspecified atom stereocenters. The van der Waals surface area contributed by atoms with Crippen molar-refractivity contribution < 1.29 is 19.0 Å². The van der Waals surface area contributed by atoms with Crippen LogP contribution in [-0.4, -0.2) is 99.6 Å². The zero-order valence-electron chi connectivity index (χ0n) is 27.2. The number of nitrogens with one attached hydrogen (secondary N) is 1. The van der Waals surface area contributed by atoms with E-state index in [-0.39, 0.29) is 41.7 Å². The van der Waals surface area contributed by atoms with Gasteiger partial charge in [-0.15, -0.1) is 10.2 Å². The van der Waals surface area contributed by atoms with Gasteiger partial charge in [0.1, 0.15) is 23.6 Å². The topological polar surface area (TPSA) is 120 Å². The quantitative estimate of drug-likeness (QED) is 0.306. The number of phenols is 1. The van der Waals surface area contributed by atoms with Gasteiger partial charge < -0.3 is 25.0 Å². The Kier molecular flexibility index (Phi) is 7.40. The highest BCUT2D eigenvalue weighted by atomic mass is 19.1. The number of carbonyl (C=O) groups is 1. The van der Waals surface area contributed by atoms with E-state index in [1.54, 1.807) is 26.2 Å². The van der Waals surface area contributed by atoms with Gasteiger partial charge in [-0.3, -0.25) is 4.90 Å². The minimum Gasteiger partial charge on any atom is -0.508 e. The fourth-order valence-corrected chi connectivity index (χ4v) is 8.55. The normalized spacial score (nSPS) is 25.5. The van der Waals surface area contributed by atoms with Gasteiger partial charge in [0.15, 0.2) is 23.0 Å². The van der Waals surface area contributed by atoms with Gasteiger partial charge in [0.2, 0.25) is 0 Å². The molecule has 0 aliphatic carbocycles. The van der Waals surface area contributed by atoms with Crippen molar-refractivity contribution in [2.24, 2.45) is 0 Å². The molecule has 1 amide bonds. The summed E-state index contributed by atoms with van der Waals surface area (Å²) in [4.78, 5) is 28.7. The molecule has 0 spiro atoms. The molecule has 2 N–H and O–H groups in total. The first-order valence-corrected chi connectivity index (χ1v) is 16.9. The summed E-state index contributed by atoms with van der Waals surface area (Å²) in [7, 11) is 3.36. The van der Waals surface area contributed by atoms with Gasteiger partial charge in [-0.2, -0.15) is 0 Å². The summed E-state index contributed by atoms with van der Waals surface area (Å²) in [5.41, 5.74) is 1.62. The summed E-state index contributed by atoms with van der Waals surface area (Å²) in [5.74, 6) is 0.711. The number of nitrogens with zero attached hydrogens (tertiary/aromatic N) is 7. The predicted octanol–water partition coefficient (Wildman–Crippen LogP) is 4.74. The van der Waals surface area contributed by atoms with E-state index in [0.717, 1.165) is 80.9 Å². The highest BCUT2D eigenvalue weighted by molar-refractivity contribution is 6.01. The monoisotopic (exact) mass is 640 g/mol. The zero-order valence-corrected chi connectivity index (χ0v) is 27.2. The molecule has 246 valence electrons. The smallest absolute Gasteiger partial charge is 0.409 e. The average Bonchev–Trinajstić information content (AvgIpc) is 3.67. The number of halogens is 1. The Morgan fingerprint density at radius 1 is 1.15 bits per heavy atom. The number of piperidine rings is 2. The number of aryl methyl sites for hydroxylation is 1. The number of amides is 1. The number of aromatic nitrogens is 4. The van der Waals surface area contributed by atoms with Gasteiger partial charge >= 0.3 is 6.09 Å². The Morgan fingerprint density at radius 3 is 2.77 bits per heavy atom. The Morgan fingerprint density at radius 2 is 2.02 bits per heavy atom. The number of carbonyl (C=O) groups excluding carboxylic acids is 1. The van der Waals surface area contributed by atoms with Crippen molar-refractivity contribution in [2.45, 2.75) is 75.5 Å².